The minimum Gasteiger partial charge on any atom is -0.475 e. The van der Waals surface area contributed by atoms with Gasteiger partial charge < -0.3 is 10.0 Å². The molecule has 1 aliphatic rings. The molecule has 0 bridgehead atoms. The molecule has 1 fully saturated rings. The summed E-state index contributed by atoms with van der Waals surface area (Å²) in [5, 5.41) is 22.7. The summed E-state index contributed by atoms with van der Waals surface area (Å²) in [5.74, 6) is -1.53. The van der Waals surface area contributed by atoms with Gasteiger partial charge in [-0.1, -0.05) is 0 Å². The Kier molecular flexibility index (Phi) is 1.89. The van der Waals surface area contributed by atoms with Gasteiger partial charge in [-0.15, -0.1) is 0 Å². The molecule has 0 aromatic heterocycles. The summed E-state index contributed by atoms with van der Waals surface area (Å²) >= 11 is 0. The van der Waals surface area contributed by atoms with Crippen LogP contribution in [0.5, 0.6) is 0 Å². The number of hydrogen-bond acceptors (Lipinski definition) is 3. The van der Waals surface area contributed by atoms with E-state index in [1.165, 1.54) is 4.90 Å². The van der Waals surface area contributed by atoms with Gasteiger partial charge in [-0.3, -0.25) is 10.8 Å². The van der Waals surface area contributed by atoms with Crippen LogP contribution in [-0.4, -0.2) is 34.2 Å². The van der Waals surface area contributed by atoms with Gasteiger partial charge in [-0.05, 0) is 6.42 Å². The number of nitrogens with zero attached hydrogens (tertiary/aromatic N) is 1. The van der Waals surface area contributed by atoms with Crippen molar-refractivity contribution < 1.29 is 9.90 Å². The number of aliphatic carboxylic acids is 1. The van der Waals surface area contributed by atoms with Gasteiger partial charge in [0, 0.05) is 13.0 Å². The summed E-state index contributed by atoms with van der Waals surface area (Å²) in [6.45, 7) is 0.490. The zero-order chi connectivity index (χ0) is 8.43. The number of nitrogens with one attached hydrogen (secondary N) is 2. The van der Waals surface area contributed by atoms with Crippen molar-refractivity contribution in [3.63, 3.8) is 0 Å². The molecular formula is C6H9N3O2. The van der Waals surface area contributed by atoms with Crippen LogP contribution in [0.2, 0.25) is 0 Å². The first kappa shape index (κ1) is 7.71. The fourth-order valence-electron chi connectivity index (χ4n) is 1.04. The Labute approximate surface area is 63.6 Å². The average Bonchev–Trinajstić information content (AvgIpc) is 2.33. The molecule has 1 aliphatic heterocycles. The minimum atomic E-state index is -1.27. The van der Waals surface area contributed by atoms with Gasteiger partial charge in [0.25, 0.3) is 0 Å². The maximum absolute atomic E-state index is 10.3. The van der Waals surface area contributed by atoms with Crippen LogP contribution in [0.25, 0.3) is 0 Å². The highest BCUT2D eigenvalue weighted by atomic mass is 16.4. The van der Waals surface area contributed by atoms with E-state index in [0.29, 0.717) is 13.0 Å². The maximum Gasteiger partial charge on any atom is 0.371 e. The highest BCUT2D eigenvalue weighted by molar-refractivity contribution is 6.36. The Morgan fingerprint density at radius 2 is 2.27 bits per heavy atom. The molecule has 0 spiro atoms. The van der Waals surface area contributed by atoms with Crippen molar-refractivity contribution in [3.8, 4) is 0 Å². The molecule has 1 rings (SSSR count). The Bertz CT molecular complexity index is 224. The standard InChI is InChI=1S/C6H9N3O2/c7-4-2-1-3-9(4)5(8)6(10)11/h7-8H,1-3H2,(H,10,11). The molecular weight excluding hydrogens is 146 g/mol. The molecule has 3 N–H and O–H groups in total. The summed E-state index contributed by atoms with van der Waals surface area (Å²) in [4.78, 5) is 11.5. The zero-order valence-electron chi connectivity index (χ0n) is 5.92. The van der Waals surface area contributed by atoms with Crippen molar-refractivity contribution in [3.05, 3.63) is 0 Å². The van der Waals surface area contributed by atoms with Crippen LogP contribution >= 0.6 is 0 Å². The van der Waals surface area contributed by atoms with Crippen molar-refractivity contribution in [2.75, 3.05) is 6.54 Å². The van der Waals surface area contributed by atoms with Crippen LogP contribution in [0.3, 0.4) is 0 Å². The molecule has 0 unspecified atom stereocenters. The highest BCUT2D eigenvalue weighted by Crippen LogP contribution is 2.09. The summed E-state index contributed by atoms with van der Waals surface area (Å²) in [6, 6.07) is 0. The first-order chi connectivity index (χ1) is 5.13. The summed E-state index contributed by atoms with van der Waals surface area (Å²) in [5.41, 5.74) is 0. The molecule has 0 aromatic rings. The van der Waals surface area contributed by atoms with Gasteiger partial charge >= 0.3 is 5.97 Å². The van der Waals surface area contributed by atoms with Crippen LogP contribution < -0.4 is 0 Å². The van der Waals surface area contributed by atoms with E-state index in [2.05, 4.69) is 0 Å². The van der Waals surface area contributed by atoms with Crippen molar-refractivity contribution in [1.29, 1.82) is 10.8 Å². The topological polar surface area (TPSA) is 88.2 Å². The molecule has 5 nitrogen and oxygen atoms in total. The fraction of sp³-hybridized carbons (Fsp3) is 0.500. The van der Waals surface area contributed by atoms with E-state index in [9.17, 15) is 4.79 Å². The summed E-state index contributed by atoms with van der Waals surface area (Å²) < 4.78 is 0. The second-order valence-corrected chi connectivity index (χ2v) is 2.36. The second kappa shape index (κ2) is 2.69. The highest BCUT2D eigenvalue weighted by Gasteiger charge is 2.24. The molecule has 0 saturated carbocycles. The third-order valence-electron chi connectivity index (χ3n) is 1.59. The van der Waals surface area contributed by atoms with Crippen LogP contribution in [0.4, 0.5) is 0 Å². The largest absolute Gasteiger partial charge is 0.475 e. The van der Waals surface area contributed by atoms with E-state index >= 15 is 0 Å². The number of carbonyl (C=O) groups is 1. The minimum absolute atomic E-state index is 0.234. The molecule has 11 heavy (non-hydrogen) atoms. The molecule has 0 radical (unpaired) electrons. The van der Waals surface area contributed by atoms with E-state index in [4.69, 9.17) is 15.9 Å². The number of carboxylic acids is 1. The predicted octanol–water partition coefficient (Wildman–Crippen LogP) is 0.121. The molecule has 1 saturated heterocycles. The van der Waals surface area contributed by atoms with Crippen LogP contribution in [0, 0.1) is 10.8 Å². The number of likely N-dealkylation sites (tertiary alicyclic amines) is 1. The van der Waals surface area contributed by atoms with Gasteiger partial charge in [-0.25, -0.2) is 4.79 Å². The SMILES string of the molecule is N=C1CCCN1C(=N)C(=O)O. The first-order valence-corrected chi connectivity index (χ1v) is 3.29. The third-order valence-corrected chi connectivity index (χ3v) is 1.59. The van der Waals surface area contributed by atoms with Crippen LogP contribution in [-0.2, 0) is 4.79 Å². The predicted molar refractivity (Wildman–Crippen MR) is 39.0 cm³/mol. The fourth-order valence-corrected chi connectivity index (χ4v) is 1.04. The van der Waals surface area contributed by atoms with Gasteiger partial charge in [0.15, 0.2) is 0 Å². The number of rotatable bonds is 0. The lowest BCUT2D eigenvalue weighted by molar-refractivity contribution is -0.130. The molecule has 0 atom stereocenters. The third kappa shape index (κ3) is 1.36. The van der Waals surface area contributed by atoms with Crippen molar-refractivity contribution in [1.82, 2.24) is 4.90 Å². The number of carboxylic acid groups (broad SMARTS) is 1. The van der Waals surface area contributed by atoms with E-state index in [-0.39, 0.29) is 5.84 Å². The number of hydrogen-bond donors (Lipinski definition) is 3. The molecule has 1 heterocycles. The quantitative estimate of drug-likeness (QED) is 0.343. The smallest absolute Gasteiger partial charge is 0.371 e. The Morgan fingerprint density at radius 3 is 2.64 bits per heavy atom. The Hall–Kier alpha value is -1.39. The van der Waals surface area contributed by atoms with Gasteiger partial charge in [0.1, 0.15) is 5.84 Å². The average molecular weight is 155 g/mol. The van der Waals surface area contributed by atoms with Crippen molar-refractivity contribution in [2.45, 2.75) is 12.8 Å². The Morgan fingerprint density at radius 1 is 1.64 bits per heavy atom. The molecule has 0 aliphatic carbocycles. The second-order valence-electron chi connectivity index (χ2n) is 2.36. The van der Waals surface area contributed by atoms with Crippen LogP contribution in [0.15, 0.2) is 0 Å². The summed E-state index contributed by atoms with van der Waals surface area (Å²) in [6.07, 6.45) is 1.35. The number of amidine groups is 2. The molecule has 0 amide bonds. The maximum atomic E-state index is 10.3. The monoisotopic (exact) mass is 155 g/mol. The molecule has 5 heteroatoms. The van der Waals surface area contributed by atoms with E-state index in [1.807, 2.05) is 0 Å². The van der Waals surface area contributed by atoms with E-state index < -0.39 is 11.8 Å². The van der Waals surface area contributed by atoms with Crippen molar-refractivity contribution >= 4 is 17.6 Å². The lowest BCUT2D eigenvalue weighted by Crippen LogP contribution is -2.36. The molecule has 60 valence electrons. The van der Waals surface area contributed by atoms with Crippen LogP contribution in [0.1, 0.15) is 12.8 Å². The summed E-state index contributed by atoms with van der Waals surface area (Å²) in [7, 11) is 0. The van der Waals surface area contributed by atoms with Gasteiger partial charge in [-0.2, -0.15) is 0 Å². The molecule has 0 aromatic carbocycles. The van der Waals surface area contributed by atoms with Gasteiger partial charge in [0.2, 0.25) is 5.84 Å². The van der Waals surface area contributed by atoms with Crippen molar-refractivity contribution in [2.24, 2.45) is 0 Å². The Balaban J connectivity index is 2.67. The lowest BCUT2D eigenvalue weighted by Gasteiger charge is -2.14. The lowest BCUT2D eigenvalue weighted by atomic mass is 10.4. The normalized spacial score (nSPS) is 17.1. The zero-order valence-corrected chi connectivity index (χ0v) is 5.92. The first-order valence-electron chi connectivity index (χ1n) is 3.29. The van der Waals surface area contributed by atoms with Gasteiger partial charge in [0.05, 0.1) is 0 Å². The van der Waals surface area contributed by atoms with E-state index in [0.717, 1.165) is 6.42 Å². The van der Waals surface area contributed by atoms with E-state index in [1.54, 1.807) is 0 Å².